The van der Waals surface area contributed by atoms with Crippen LogP contribution in [0.4, 0.5) is 0 Å². The second kappa shape index (κ2) is 10.3. The van der Waals surface area contributed by atoms with E-state index >= 15 is 0 Å². The molecular formula is C19H23N3O5S2. The Morgan fingerprint density at radius 2 is 1.59 bits per heavy atom. The zero-order valence-electron chi connectivity index (χ0n) is 15.6. The first-order chi connectivity index (χ1) is 13.7. The van der Waals surface area contributed by atoms with Crippen molar-refractivity contribution in [2.45, 2.75) is 17.7 Å². The van der Waals surface area contributed by atoms with Crippen LogP contribution in [0, 0.1) is 0 Å². The van der Waals surface area contributed by atoms with Gasteiger partial charge in [-0.1, -0.05) is 42.5 Å². The molecule has 0 aliphatic heterocycles. The quantitative estimate of drug-likeness (QED) is 0.509. The lowest BCUT2D eigenvalue weighted by Crippen LogP contribution is -2.30. The van der Waals surface area contributed by atoms with Gasteiger partial charge in [0.05, 0.1) is 4.90 Å². The Morgan fingerprint density at radius 3 is 2.21 bits per heavy atom. The van der Waals surface area contributed by atoms with Crippen molar-refractivity contribution in [1.29, 1.82) is 0 Å². The van der Waals surface area contributed by atoms with Crippen LogP contribution in [-0.2, 0) is 31.3 Å². The largest absolute Gasteiger partial charge is 0.356 e. The van der Waals surface area contributed by atoms with Gasteiger partial charge in [0.15, 0.2) is 0 Å². The molecule has 2 rings (SSSR count). The van der Waals surface area contributed by atoms with Crippen LogP contribution < -0.4 is 15.2 Å². The van der Waals surface area contributed by atoms with Gasteiger partial charge in [-0.25, -0.2) is 26.7 Å². The van der Waals surface area contributed by atoms with Crippen LogP contribution in [0.2, 0.25) is 0 Å². The topological polar surface area (TPSA) is 135 Å². The van der Waals surface area contributed by atoms with Crippen molar-refractivity contribution >= 4 is 32.0 Å². The summed E-state index contributed by atoms with van der Waals surface area (Å²) in [7, 11) is -7.35. The maximum absolute atomic E-state index is 11.9. The minimum absolute atomic E-state index is 0.00274. The van der Waals surface area contributed by atoms with Crippen molar-refractivity contribution in [3.8, 4) is 0 Å². The molecule has 2 aromatic rings. The normalized spacial score (nSPS) is 12.2. The number of carbonyl (C=O) groups is 1. The molecule has 156 valence electrons. The lowest BCUT2D eigenvalue weighted by Gasteiger charge is -2.07. The van der Waals surface area contributed by atoms with Crippen molar-refractivity contribution in [2.24, 2.45) is 5.14 Å². The van der Waals surface area contributed by atoms with Gasteiger partial charge in [0.25, 0.3) is 0 Å². The van der Waals surface area contributed by atoms with Crippen molar-refractivity contribution in [3.05, 3.63) is 71.1 Å². The van der Waals surface area contributed by atoms with Gasteiger partial charge in [-0.3, -0.25) is 4.79 Å². The standard InChI is InChI=1S/C19H23N3O5S2/c20-29(26,27)18-8-6-17(7-9-18)10-13-21-19(23)11-14-22-28(24,25)15-12-16-4-2-1-3-5-16/h1-9,12,15,22H,10-11,13-14H2,(H,21,23)(H2,20,26,27)/b15-12+. The third-order valence-electron chi connectivity index (χ3n) is 3.88. The molecule has 2 aromatic carbocycles. The molecule has 4 N–H and O–H groups in total. The molecule has 0 saturated carbocycles. The predicted octanol–water partition coefficient (Wildman–Crippen LogP) is 0.973. The number of nitrogens with one attached hydrogen (secondary N) is 2. The minimum atomic E-state index is -3.73. The molecule has 0 bridgehead atoms. The van der Waals surface area contributed by atoms with Crippen LogP contribution in [0.1, 0.15) is 17.5 Å². The first-order valence-electron chi connectivity index (χ1n) is 8.77. The van der Waals surface area contributed by atoms with E-state index in [1.165, 1.54) is 18.2 Å². The smallest absolute Gasteiger partial charge is 0.238 e. The van der Waals surface area contributed by atoms with E-state index in [4.69, 9.17) is 5.14 Å². The first-order valence-corrected chi connectivity index (χ1v) is 11.9. The van der Waals surface area contributed by atoms with E-state index in [9.17, 15) is 21.6 Å². The second-order valence-corrected chi connectivity index (χ2v) is 9.40. The molecule has 0 spiro atoms. The highest BCUT2D eigenvalue weighted by atomic mass is 32.2. The summed E-state index contributed by atoms with van der Waals surface area (Å²) in [6, 6.07) is 15.1. The molecule has 10 heteroatoms. The Balaban J connectivity index is 1.70. The van der Waals surface area contributed by atoms with E-state index in [0.717, 1.165) is 16.5 Å². The van der Waals surface area contributed by atoms with E-state index in [-0.39, 0.29) is 23.8 Å². The molecule has 0 heterocycles. The van der Waals surface area contributed by atoms with Crippen LogP contribution in [0.5, 0.6) is 0 Å². The third-order valence-corrected chi connectivity index (χ3v) is 5.91. The van der Waals surface area contributed by atoms with Gasteiger partial charge in [0.2, 0.25) is 26.0 Å². The molecule has 0 radical (unpaired) electrons. The molecule has 0 aliphatic carbocycles. The molecule has 8 nitrogen and oxygen atoms in total. The summed E-state index contributed by atoms with van der Waals surface area (Å²) in [4.78, 5) is 11.9. The summed E-state index contributed by atoms with van der Waals surface area (Å²) in [5.74, 6) is -0.291. The van der Waals surface area contributed by atoms with Gasteiger partial charge in [0, 0.05) is 24.9 Å². The summed E-state index contributed by atoms with van der Waals surface area (Å²) < 4.78 is 48.5. The molecular weight excluding hydrogens is 414 g/mol. The molecule has 0 fully saturated rings. The number of sulfonamides is 2. The molecule has 1 amide bonds. The van der Waals surface area contributed by atoms with Crippen molar-refractivity contribution in [3.63, 3.8) is 0 Å². The maximum Gasteiger partial charge on any atom is 0.238 e. The summed E-state index contributed by atoms with van der Waals surface area (Å²) in [5, 5.41) is 8.78. The van der Waals surface area contributed by atoms with Crippen LogP contribution in [0.3, 0.4) is 0 Å². The van der Waals surface area contributed by atoms with Gasteiger partial charge in [-0.2, -0.15) is 0 Å². The number of hydrogen-bond donors (Lipinski definition) is 3. The molecule has 0 aliphatic rings. The van der Waals surface area contributed by atoms with E-state index in [2.05, 4.69) is 10.0 Å². The average Bonchev–Trinajstić information content (AvgIpc) is 2.67. The van der Waals surface area contributed by atoms with Crippen LogP contribution in [-0.4, -0.2) is 35.8 Å². The second-order valence-electron chi connectivity index (χ2n) is 6.19. The lowest BCUT2D eigenvalue weighted by molar-refractivity contribution is -0.120. The molecule has 0 aromatic heterocycles. The number of nitrogens with two attached hydrogens (primary N) is 1. The van der Waals surface area contributed by atoms with E-state index in [1.807, 2.05) is 6.07 Å². The number of amides is 1. The summed E-state index contributed by atoms with van der Waals surface area (Å²) in [5.41, 5.74) is 1.59. The van der Waals surface area contributed by atoms with Crippen molar-refractivity contribution < 1.29 is 21.6 Å². The highest BCUT2D eigenvalue weighted by Gasteiger charge is 2.08. The molecule has 0 saturated heterocycles. The van der Waals surface area contributed by atoms with Gasteiger partial charge in [0.1, 0.15) is 0 Å². The fraction of sp³-hybridized carbons (Fsp3) is 0.211. The Labute approximate surface area is 170 Å². The zero-order chi connectivity index (χ0) is 21.3. The molecule has 0 atom stereocenters. The fourth-order valence-corrected chi connectivity index (χ4v) is 3.70. The SMILES string of the molecule is NS(=O)(=O)c1ccc(CCNC(=O)CCNS(=O)(=O)/C=C/c2ccccc2)cc1. The third kappa shape index (κ3) is 8.57. The summed E-state index contributed by atoms with van der Waals surface area (Å²) in [6.07, 6.45) is 1.98. The van der Waals surface area contributed by atoms with E-state index in [1.54, 1.807) is 36.4 Å². The first kappa shape index (κ1) is 22.8. The maximum atomic E-state index is 11.9. The van der Waals surface area contributed by atoms with Gasteiger partial charge < -0.3 is 5.32 Å². The summed E-state index contributed by atoms with van der Waals surface area (Å²) >= 11 is 0. The number of benzene rings is 2. The monoisotopic (exact) mass is 437 g/mol. The summed E-state index contributed by atoms with van der Waals surface area (Å²) in [6.45, 7) is 0.324. The van der Waals surface area contributed by atoms with Gasteiger partial charge in [-0.05, 0) is 35.8 Å². The molecule has 29 heavy (non-hydrogen) atoms. The predicted molar refractivity (Wildman–Crippen MR) is 112 cm³/mol. The Morgan fingerprint density at radius 1 is 0.931 bits per heavy atom. The van der Waals surface area contributed by atoms with Gasteiger partial charge in [-0.15, -0.1) is 0 Å². The Bertz CT molecular complexity index is 1050. The zero-order valence-corrected chi connectivity index (χ0v) is 17.2. The molecule has 0 unspecified atom stereocenters. The lowest BCUT2D eigenvalue weighted by atomic mass is 10.1. The van der Waals surface area contributed by atoms with Crippen molar-refractivity contribution in [1.82, 2.24) is 10.0 Å². The fourth-order valence-electron chi connectivity index (χ4n) is 2.37. The van der Waals surface area contributed by atoms with E-state index in [0.29, 0.717) is 13.0 Å². The van der Waals surface area contributed by atoms with Crippen LogP contribution in [0.15, 0.2) is 64.9 Å². The number of primary sulfonamides is 1. The Hall–Kier alpha value is -2.53. The van der Waals surface area contributed by atoms with Gasteiger partial charge >= 0.3 is 0 Å². The van der Waals surface area contributed by atoms with Crippen LogP contribution in [0.25, 0.3) is 6.08 Å². The number of carbonyl (C=O) groups excluding carboxylic acids is 1. The van der Waals surface area contributed by atoms with Crippen LogP contribution >= 0.6 is 0 Å². The highest BCUT2D eigenvalue weighted by Crippen LogP contribution is 2.09. The highest BCUT2D eigenvalue weighted by molar-refractivity contribution is 7.92. The van der Waals surface area contributed by atoms with Crippen molar-refractivity contribution in [2.75, 3.05) is 13.1 Å². The number of hydrogen-bond acceptors (Lipinski definition) is 5. The Kier molecular flexibility index (Phi) is 8.09. The van der Waals surface area contributed by atoms with E-state index < -0.39 is 20.0 Å². The number of rotatable bonds is 10. The average molecular weight is 438 g/mol. The minimum Gasteiger partial charge on any atom is -0.356 e.